The summed E-state index contributed by atoms with van der Waals surface area (Å²) in [5, 5.41) is 14.6. The minimum Gasteiger partial charge on any atom is -0.493 e. The van der Waals surface area contributed by atoms with Crippen molar-refractivity contribution in [1.29, 1.82) is 5.41 Å². The van der Waals surface area contributed by atoms with Crippen LogP contribution in [-0.2, 0) is 0 Å². The molecule has 0 saturated carbocycles. The summed E-state index contributed by atoms with van der Waals surface area (Å²) < 4.78 is 42.0. The van der Waals surface area contributed by atoms with Gasteiger partial charge in [0.25, 0.3) is 0 Å². The molecular weight excluding hydrogens is 600 g/mol. The molecule has 2 aromatic heterocycles. The van der Waals surface area contributed by atoms with Gasteiger partial charge in [0, 0.05) is 34.5 Å². The van der Waals surface area contributed by atoms with E-state index in [0.29, 0.717) is 28.0 Å². The first kappa shape index (κ1) is 31.3. The van der Waals surface area contributed by atoms with Crippen LogP contribution in [0.15, 0.2) is 73.3 Å². The number of nitrogens with zero attached hydrogens (tertiary/aromatic N) is 2. The van der Waals surface area contributed by atoms with Crippen molar-refractivity contribution in [2.45, 2.75) is 39.8 Å². The van der Waals surface area contributed by atoms with E-state index in [1.54, 1.807) is 36.4 Å². The lowest BCUT2D eigenvalue weighted by Crippen LogP contribution is -2.30. The average Bonchev–Trinajstić information content (AvgIpc) is 3.66. The molecule has 0 aliphatic heterocycles. The van der Waals surface area contributed by atoms with Crippen LogP contribution in [0, 0.1) is 17.0 Å². The van der Waals surface area contributed by atoms with E-state index >= 15 is 8.78 Å². The number of fused-ring (bicyclic) bond motifs is 2. The summed E-state index contributed by atoms with van der Waals surface area (Å²) in [5.74, 6) is -0.835. The first-order chi connectivity index (χ1) is 22.5. The molecule has 0 fully saturated rings. The minimum absolute atomic E-state index is 0.101. The largest absolute Gasteiger partial charge is 0.493 e. The van der Waals surface area contributed by atoms with Crippen LogP contribution in [0.1, 0.15) is 38.8 Å². The predicted octanol–water partition coefficient (Wildman–Crippen LogP) is 8.14. The Morgan fingerprint density at radius 2 is 1.32 bits per heavy atom. The highest BCUT2D eigenvalue weighted by Gasteiger charge is 2.19. The maximum absolute atomic E-state index is 15.4. The van der Waals surface area contributed by atoms with Gasteiger partial charge in [-0.25, -0.2) is 18.7 Å². The lowest BCUT2D eigenvalue weighted by atomic mass is 10.1. The molecule has 11 heteroatoms. The molecule has 4 aromatic carbocycles. The number of amidine groups is 1. The summed E-state index contributed by atoms with van der Waals surface area (Å²) in [4.78, 5) is 15.6. The number of methoxy groups -OCH3 is 1. The highest BCUT2D eigenvalue weighted by atomic mass is 19.1. The van der Waals surface area contributed by atoms with Crippen molar-refractivity contribution in [2.75, 3.05) is 7.11 Å². The molecule has 5 N–H and O–H groups in total. The van der Waals surface area contributed by atoms with E-state index in [-0.39, 0.29) is 40.8 Å². The van der Waals surface area contributed by atoms with Crippen LogP contribution in [0.2, 0.25) is 0 Å². The molecule has 240 valence electrons. The van der Waals surface area contributed by atoms with Crippen molar-refractivity contribution in [2.24, 2.45) is 0 Å². The van der Waals surface area contributed by atoms with Crippen molar-refractivity contribution in [1.82, 2.24) is 30.6 Å². The quantitative estimate of drug-likeness (QED) is 0.0765. The Hall–Kier alpha value is -5.71. The number of rotatable bonds is 10. The highest BCUT2D eigenvalue weighted by Crippen LogP contribution is 2.38. The smallest absolute Gasteiger partial charge is 0.198 e. The van der Waals surface area contributed by atoms with Crippen LogP contribution in [0.5, 0.6) is 17.2 Å². The Balaban J connectivity index is 1.24. The Morgan fingerprint density at radius 1 is 0.745 bits per heavy atom. The molecule has 0 atom stereocenters. The topological polar surface area (TPSA) is 124 Å². The standard InChI is InChI=1S/C36H35F2N7O2/c1-18(2)40-20(5)21-7-10-27-29(15-21)44-35(42-27)23-9-12-31(32(17-23)46-6)47-33-25(37)13-24(14-26(33)38)36-43-28-11-8-22(16-30(28)45-36)34(39)41-19(3)4/h7-19,40H,5H2,1-4,6H3,(H2,39,41)(H,42,44)(H,43,45). The van der Waals surface area contributed by atoms with Crippen LogP contribution in [0.3, 0.4) is 0 Å². The minimum atomic E-state index is -0.906. The third kappa shape index (κ3) is 6.51. The van der Waals surface area contributed by atoms with Gasteiger partial charge in [-0.2, -0.15) is 0 Å². The zero-order chi connectivity index (χ0) is 33.4. The number of hydrogen-bond acceptors (Lipinski definition) is 6. The maximum atomic E-state index is 15.4. The van der Waals surface area contributed by atoms with E-state index in [1.165, 1.54) is 7.11 Å². The zero-order valence-corrected chi connectivity index (χ0v) is 26.7. The summed E-state index contributed by atoms with van der Waals surface area (Å²) >= 11 is 0. The predicted molar refractivity (Wildman–Crippen MR) is 182 cm³/mol. The molecule has 6 aromatic rings. The second kappa shape index (κ2) is 12.6. The zero-order valence-electron chi connectivity index (χ0n) is 26.7. The monoisotopic (exact) mass is 635 g/mol. The van der Waals surface area contributed by atoms with Gasteiger partial charge in [0.1, 0.15) is 17.5 Å². The van der Waals surface area contributed by atoms with Gasteiger partial charge in [0.15, 0.2) is 28.9 Å². The fourth-order valence-electron chi connectivity index (χ4n) is 5.24. The van der Waals surface area contributed by atoms with Crippen LogP contribution in [0.4, 0.5) is 8.78 Å². The number of imidazole rings is 2. The van der Waals surface area contributed by atoms with Gasteiger partial charge in [-0.15, -0.1) is 0 Å². The van der Waals surface area contributed by atoms with Crippen LogP contribution in [0.25, 0.3) is 50.5 Å². The summed E-state index contributed by atoms with van der Waals surface area (Å²) in [6, 6.07) is 18.8. The molecule has 9 nitrogen and oxygen atoms in total. The number of aromatic amines is 2. The number of halogens is 2. The van der Waals surface area contributed by atoms with Crippen LogP contribution < -0.4 is 20.1 Å². The van der Waals surface area contributed by atoms with Gasteiger partial charge >= 0.3 is 0 Å². The molecule has 2 heterocycles. The molecular formula is C36H35F2N7O2. The lowest BCUT2D eigenvalue weighted by molar-refractivity contribution is 0.360. The van der Waals surface area contributed by atoms with Gasteiger partial charge in [-0.05, 0) is 93.9 Å². The second-order valence-corrected chi connectivity index (χ2v) is 11.8. The van der Waals surface area contributed by atoms with Crippen molar-refractivity contribution >= 4 is 33.6 Å². The SMILES string of the molecule is C=C(NC(C)C)c1ccc2nc(-c3ccc(Oc4c(F)cc(-c5nc6ccc(C(=N)NC(C)C)cc6[nH]5)cc4F)c(OC)c3)[nH]c2c1. The number of hydrogen-bond donors (Lipinski definition) is 5. The summed E-state index contributed by atoms with van der Waals surface area (Å²) in [6.45, 7) is 12.1. The number of H-pyrrole nitrogens is 2. The molecule has 0 aliphatic rings. The first-order valence-electron chi connectivity index (χ1n) is 15.2. The molecule has 0 unspecified atom stereocenters. The van der Waals surface area contributed by atoms with E-state index in [2.05, 4.69) is 46.0 Å². The Kier molecular flexibility index (Phi) is 8.38. The molecule has 0 radical (unpaired) electrons. The molecule has 0 bridgehead atoms. The van der Waals surface area contributed by atoms with Crippen molar-refractivity contribution < 1.29 is 18.3 Å². The van der Waals surface area contributed by atoms with Gasteiger partial charge in [-0.1, -0.05) is 12.6 Å². The normalized spacial score (nSPS) is 11.4. The summed E-state index contributed by atoms with van der Waals surface area (Å²) in [5.41, 5.74) is 6.18. The second-order valence-electron chi connectivity index (χ2n) is 11.8. The number of nitrogens with one attached hydrogen (secondary N) is 5. The van der Waals surface area contributed by atoms with Crippen LogP contribution in [-0.4, -0.2) is 45.0 Å². The van der Waals surface area contributed by atoms with E-state index in [9.17, 15) is 0 Å². The number of ether oxygens (including phenoxy) is 2. The molecule has 0 saturated heterocycles. The molecule has 0 spiro atoms. The molecule has 47 heavy (non-hydrogen) atoms. The number of benzene rings is 4. The number of aromatic nitrogens is 4. The van der Waals surface area contributed by atoms with E-state index in [1.807, 2.05) is 32.0 Å². The summed E-state index contributed by atoms with van der Waals surface area (Å²) in [6.07, 6.45) is 0. The van der Waals surface area contributed by atoms with Crippen molar-refractivity contribution in [3.63, 3.8) is 0 Å². The third-order valence-electron chi connectivity index (χ3n) is 7.42. The van der Waals surface area contributed by atoms with E-state index in [0.717, 1.165) is 34.4 Å². The van der Waals surface area contributed by atoms with Crippen molar-refractivity contribution in [3.8, 4) is 40.0 Å². The fourth-order valence-corrected chi connectivity index (χ4v) is 5.24. The lowest BCUT2D eigenvalue weighted by Gasteiger charge is -2.13. The summed E-state index contributed by atoms with van der Waals surface area (Å²) in [7, 11) is 1.45. The molecule has 0 aliphatic carbocycles. The Bertz CT molecular complexity index is 2130. The van der Waals surface area contributed by atoms with Gasteiger partial charge in [0.2, 0.25) is 0 Å². The van der Waals surface area contributed by atoms with Gasteiger partial charge < -0.3 is 30.1 Å². The Labute approximate surface area is 270 Å². The maximum Gasteiger partial charge on any atom is 0.198 e. The average molecular weight is 636 g/mol. The Morgan fingerprint density at radius 3 is 1.91 bits per heavy atom. The van der Waals surface area contributed by atoms with E-state index < -0.39 is 17.4 Å². The van der Waals surface area contributed by atoms with Gasteiger partial charge in [-0.3, -0.25) is 5.41 Å². The van der Waals surface area contributed by atoms with Crippen LogP contribution >= 0.6 is 0 Å². The first-order valence-corrected chi connectivity index (χ1v) is 15.2. The van der Waals surface area contributed by atoms with Gasteiger partial charge in [0.05, 0.1) is 29.2 Å². The fraction of sp³-hybridized carbons (Fsp3) is 0.194. The molecule has 0 amide bonds. The van der Waals surface area contributed by atoms with Crippen molar-refractivity contribution in [3.05, 3.63) is 96.1 Å². The highest BCUT2D eigenvalue weighted by molar-refractivity contribution is 5.99. The third-order valence-corrected chi connectivity index (χ3v) is 7.42. The molecule has 6 rings (SSSR count). The van der Waals surface area contributed by atoms with E-state index in [4.69, 9.17) is 19.9 Å².